The van der Waals surface area contributed by atoms with Crippen LogP contribution in [0, 0.1) is 5.82 Å². The van der Waals surface area contributed by atoms with Gasteiger partial charge in [0, 0.05) is 6.61 Å². The first-order valence-corrected chi connectivity index (χ1v) is 6.60. The van der Waals surface area contributed by atoms with Crippen LogP contribution in [0.1, 0.15) is 25.7 Å². The molecule has 0 aromatic heterocycles. The number of para-hydroxylation sites is 1. The van der Waals surface area contributed by atoms with E-state index in [4.69, 9.17) is 5.11 Å². The van der Waals surface area contributed by atoms with Crippen LogP contribution in [0.3, 0.4) is 0 Å². The molecule has 19 heavy (non-hydrogen) atoms. The number of rotatable bonds is 9. The summed E-state index contributed by atoms with van der Waals surface area (Å²) in [5.74, 6) is -0.680. The van der Waals surface area contributed by atoms with Gasteiger partial charge in [-0.15, -0.1) is 0 Å². The lowest BCUT2D eigenvalue weighted by Gasteiger charge is -2.07. The summed E-state index contributed by atoms with van der Waals surface area (Å²) < 4.78 is 13.3. The van der Waals surface area contributed by atoms with Crippen molar-refractivity contribution in [2.45, 2.75) is 25.7 Å². The number of amides is 1. The summed E-state index contributed by atoms with van der Waals surface area (Å²) in [5, 5.41) is 14.1. The molecule has 5 heteroatoms. The Kier molecular flexibility index (Phi) is 7.77. The minimum atomic E-state index is -0.431. The fourth-order valence-corrected chi connectivity index (χ4v) is 1.67. The minimum absolute atomic E-state index is 0.175. The molecule has 0 unspecified atom stereocenters. The van der Waals surface area contributed by atoms with E-state index in [2.05, 4.69) is 10.6 Å². The lowest BCUT2D eigenvalue weighted by molar-refractivity contribution is -0.115. The third-order valence-corrected chi connectivity index (χ3v) is 2.70. The molecule has 1 amide bonds. The van der Waals surface area contributed by atoms with Crippen LogP contribution in [-0.2, 0) is 4.79 Å². The van der Waals surface area contributed by atoms with Gasteiger partial charge >= 0.3 is 0 Å². The Morgan fingerprint density at radius 2 is 1.89 bits per heavy atom. The van der Waals surface area contributed by atoms with E-state index in [1.54, 1.807) is 12.1 Å². The van der Waals surface area contributed by atoms with Crippen molar-refractivity contribution in [3.05, 3.63) is 30.1 Å². The second kappa shape index (κ2) is 9.47. The van der Waals surface area contributed by atoms with Gasteiger partial charge < -0.3 is 15.7 Å². The number of benzene rings is 1. The Morgan fingerprint density at radius 1 is 1.16 bits per heavy atom. The van der Waals surface area contributed by atoms with E-state index in [0.717, 1.165) is 32.2 Å². The fraction of sp³-hybridized carbons (Fsp3) is 0.500. The monoisotopic (exact) mass is 268 g/mol. The fourth-order valence-electron chi connectivity index (χ4n) is 1.67. The summed E-state index contributed by atoms with van der Waals surface area (Å²) in [6, 6.07) is 6.09. The van der Waals surface area contributed by atoms with Crippen molar-refractivity contribution in [1.82, 2.24) is 5.32 Å². The zero-order valence-corrected chi connectivity index (χ0v) is 11.0. The number of carbonyl (C=O) groups excluding carboxylic acids is 1. The van der Waals surface area contributed by atoms with Gasteiger partial charge in [-0.1, -0.05) is 25.0 Å². The molecule has 0 fully saturated rings. The van der Waals surface area contributed by atoms with E-state index in [0.29, 0.717) is 0 Å². The predicted octanol–water partition coefficient (Wildman–Crippen LogP) is 1.91. The summed E-state index contributed by atoms with van der Waals surface area (Å²) >= 11 is 0. The van der Waals surface area contributed by atoms with Gasteiger partial charge in [-0.05, 0) is 31.5 Å². The van der Waals surface area contributed by atoms with Crippen molar-refractivity contribution in [1.29, 1.82) is 0 Å². The SMILES string of the molecule is O=C(CNCCCCCCO)Nc1ccccc1F. The zero-order chi connectivity index (χ0) is 13.9. The Morgan fingerprint density at radius 3 is 2.63 bits per heavy atom. The first kappa shape index (κ1) is 15.6. The highest BCUT2D eigenvalue weighted by atomic mass is 19.1. The van der Waals surface area contributed by atoms with Crippen LogP contribution in [0.2, 0.25) is 0 Å². The topological polar surface area (TPSA) is 61.4 Å². The maximum Gasteiger partial charge on any atom is 0.238 e. The maximum atomic E-state index is 13.3. The average Bonchev–Trinajstić information content (AvgIpc) is 2.40. The highest BCUT2D eigenvalue weighted by Crippen LogP contribution is 2.11. The number of hydrogen-bond donors (Lipinski definition) is 3. The smallest absolute Gasteiger partial charge is 0.238 e. The number of carbonyl (C=O) groups is 1. The number of unbranched alkanes of at least 4 members (excludes halogenated alkanes) is 3. The molecule has 0 saturated heterocycles. The number of hydrogen-bond acceptors (Lipinski definition) is 3. The molecular formula is C14H21FN2O2. The van der Waals surface area contributed by atoms with E-state index in [1.165, 1.54) is 12.1 Å². The van der Waals surface area contributed by atoms with Crippen molar-refractivity contribution >= 4 is 11.6 Å². The van der Waals surface area contributed by atoms with Crippen LogP contribution in [0.5, 0.6) is 0 Å². The second-order valence-corrected chi connectivity index (χ2v) is 4.34. The standard InChI is InChI=1S/C14H21FN2O2/c15-12-7-3-4-8-13(12)17-14(19)11-16-9-5-1-2-6-10-18/h3-4,7-8,16,18H,1-2,5-6,9-11H2,(H,17,19). The van der Waals surface area contributed by atoms with Crippen LogP contribution >= 0.6 is 0 Å². The van der Waals surface area contributed by atoms with E-state index < -0.39 is 5.82 Å². The lowest BCUT2D eigenvalue weighted by Crippen LogP contribution is -2.29. The van der Waals surface area contributed by atoms with Crippen LogP contribution in [-0.4, -0.2) is 30.7 Å². The normalized spacial score (nSPS) is 10.4. The van der Waals surface area contributed by atoms with Crippen molar-refractivity contribution in [2.24, 2.45) is 0 Å². The molecule has 0 aliphatic rings. The molecule has 1 aromatic rings. The summed E-state index contributed by atoms with van der Waals surface area (Å²) in [5.41, 5.74) is 0.206. The van der Waals surface area contributed by atoms with Gasteiger partial charge in [-0.2, -0.15) is 0 Å². The highest BCUT2D eigenvalue weighted by Gasteiger charge is 2.05. The molecule has 1 rings (SSSR count). The second-order valence-electron chi connectivity index (χ2n) is 4.34. The number of nitrogens with one attached hydrogen (secondary N) is 2. The first-order valence-electron chi connectivity index (χ1n) is 6.60. The van der Waals surface area contributed by atoms with Crippen LogP contribution < -0.4 is 10.6 Å². The van der Waals surface area contributed by atoms with Crippen molar-refractivity contribution in [2.75, 3.05) is 25.0 Å². The Hall–Kier alpha value is -1.46. The average molecular weight is 268 g/mol. The third-order valence-electron chi connectivity index (χ3n) is 2.70. The molecule has 0 bridgehead atoms. The van der Waals surface area contributed by atoms with Gasteiger partial charge in [0.1, 0.15) is 5.82 Å². The number of aliphatic hydroxyl groups is 1. The quantitative estimate of drug-likeness (QED) is 0.599. The number of aliphatic hydroxyl groups excluding tert-OH is 1. The van der Waals surface area contributed by atoms with Gasteiger partial charge in [0.25, 0.3) is 0 Å². The largest absolute Gasteiger partial charge is 0.396 e. The molecule has 0 aliphatic heterocycles. The summed E-state index contributed by atoms with van der Waals surface area (Å²) in [6.45, 7) is 1.16. The molecule has 0 spiro atoms. The van der Waals surface area contributed by atoms with Crippen molar-refractivity contribution < 1.29 is 14.3 Å². The summed E-state index contributed by atoms with van der Waals surface area (Å²) in [6.07, 6.45) is 3.82. The van der Waals surface area contributed by atoms with Gasteiger partial charge in [0.2, 0.25) is 5.91 Å². The van der Waals surface area contributed by atoms with E-state index in [9.17, 15) is 9.18 Å². The molecular weight excluding hydrogens is 247 g/mol. The minimum Gasteiger partial charge on any atom is -0.396 e. The molecule has 0 heterocycles. The van der Waals surface area contributed by atoms with Crippen molar-refractivity contribution in [3.63, 3.8) is 0 Å². The predicted molar refractivity (Wildman–Crippen MR) is 73.5 cm³/mol. The van der Waals surface area contributed by atoms with Crippen LogP contribution in [0.4, 0.5) is 10.1 Å². The van der Waals surface area contributed by atoms with E-state index in [1.807, 2.05) is 0 Å². The van der Waals surface area contributed by atoms with Gasteiger partial charge in [-0.3, -0.25) is 4.79 Å². The molecule has 0 saturated carbocycles. The Bertz CT molecular complexity index is 385. The van der Waals surface area contributed by atoms with Crippen molar-refractivity contribution in [3.8, 4) is 0 Å². The lowest BCUT2D eigenvalue weighted by atomic mass is 10.2. The molecule has 1 aromatic carbocycles. The zero-order valence-electron chi connectivity index (χ0n) is 11.0. The maximum absolute atomic E-state index is 13.3. The molecule has 106 valence electrons. The van der Waals surface area contributed by atoms with Crippen LogP contribution in [0.25, 0.3) is 0 Å². The molecule has 3 N–H and O–H groups in total. The van der Waals surface area contributed by atoms with E-state index in [-0.39, 0.29) is 24.7 Å². The summed E-state index contributed by atoms with van der Waals surface area (Å²) in [7, 11) is 0. The van der Waals surface area contributed by atoms with Gasteiger partial charge in [-0.25, -0.2) is 4.39 Å². The molecule has 4 nitrogen and oxygen atoms in total. The van der Waals surface area contributed by atoms with E-state index >= 15 is 0 Å². The number of anilines is 1. The highest BCUT2D eigenvalue weighted by molar-refractivity contribution is 5.92. The molecule has 0 atom stereocenters. The Balaban J connectivity index is 2.10. The first-order chi connectivity index (χ1) is 9.24. The van der Waals surface area contributed by atoms with Gasteiger partial charge in [0.15, 0.2) is 0 Å². The number of halogens is 1. The summed E-state index contributed by atoms with van der Waals surface area (Å²) in [4.78, 5) is 11.5. The van der Waals surface area contributed by atoms with Gasteiger partial charge in [0.05, 0.1) is 12.2 Å². The molecule has 0 aliphatic carbocycles. The molecule has 0 radical (unpaired) electrons. The third kappa shape index (κ3) is 6.88. The Labute approximate surface area is 113 Å². The van der Waals surface area contributed by atoms with Crippen LogP contribution in [0.15, 0.2) is 24.3 Å².